The van der Waals surface area contributed by atoms with Gasteiger partial charge in [-0.15, -0.1) is 0 Å². The normalized spacial score (nSPS) is 12.5. The molecular weight excluding hydrogens is 723 g/mol. The van der Waals surface area contributed by atoms with E-state index in [1.54, 1.807) is 10.6 Å². The number of hydrogen-bond donors (Lipinski definition) is 0. The first kappa shape index (κ1) is 52.4. The molecule has 0 N–H and O–H groups in total. The van der Waals surface area contributed by atoms with Gasteiger partial charge in [-0.2, -0.15) is 0 Å². The Morgan fingerprint density at radius 3 is 0.860 bits per heavy atom. The van der Waals surface area contributed by atoms with Crippen molar-refractivity contribution >= 4 is 25.8 Å². The van der Waals surface area contributed by atoms with Crippen LogP contribution in [0.25, 0.3) is 0 Å². The van der Waals surface area contributed by atoms with Crippen molar-refractivity contribution in [1.29, 1.82) is 0 Å². The molecule has 0 saturated carbocycles. The summed E-state index contributed by atoms with van der Waals surface area (Å²) in [5.74, 6) is 0. The second kappa shape index (κ2) is 38.2. The fraction of sp³-hybridized carbons (Fsp3) is 0.782. The highest BCUT2D eigenvalue weighted by atomic mass is 31.2. The van der Waals surface area contributed by atoms with Crippen LogP contribution in [0, 0.1) is 0 Å². The lowest BCUT2D eigenvalue weighted by atomic mass is 10.0. The number of rotatable bonds is 42. The molecule has 2 heteroatoms. The Labute approximate surface area is 361 Å². The van der Waals surface area contributed by atoms with Crippen molar-refractivity contribution < 1.29 is 0 Å². The van der Waals surface area contributed by atoms with Gasteiger partial charge in [0.25, 0.3) is 0 Å². The summed E-state index contributed by atoms with van der Waals surface area (Å²) >= 11 is 0. The Balaban J connectivity index is 2.02. The highest BCUT2D eigenvalue weighted by molar-refractivity contribution is 7.91. The topological polar surface area (TPSA) is 0 Å². The van der Waals surface area contributed by atoms with Gasteiger partial charge in [-0.3, -0.25) is 0 Å². The van der Waals surface area contributed by atoms with Gasteiger partial charge in [-0.1, -0.05) is 274 Å². The van der Waals surface area contributed by atoms with Gasteiger partial charge in [-0.05, 0) is 57.1 Å². The summed E-state index contributed by atoms with van der Waals surface area (Å²) in [6, 6.07) is 23.8. The first-order valence-electron chi connectivity index (χ1n) is 25.9. The molecule has 2 rings (SSSR count). The summed E-state index contributed by atoms with van der Waals surface area (Å²) in [6.07, 6.45) is 55.3. The molecule has 0 spiro atoms. The first-order chi connectivity index (χ1) is 28.2. The first-order valence-corrected chi connectivity index (χ1v) is 30.0. The highest BCUT2D eigenvalue weighted by Gasteiger charge is 2.45. The maximum Gasteiger partial charge on any atom is 0.0958 e. The van der Waals surface area contributed by atoms with Crippen LogP contribution >= 0.6 is 15.2 Å². The molecule has 2 aromatic rings. The summed E-state index contributed by atoms with van der Waals surface area (Å²) in [4.78, 5) is 0. The lowest BCUT2D eigenvalue weighted by molar-refractivity contribution is 0.537. The van der Waals surface area contributed by atoms with Crippen molar-refractivity contribution in [1.82, 2.24) is 0 Å². The van der Waals surface area contributed by atoms with Crippen LogP contribution in [0.4, 0.5) is 0 Å². The van der Waals surface area contributed by atoms with Gasteiger partial charge >= 0.3 is 0 Å². The second-order valence-corrected chi connectivity index (χ2v) is 25.8. The van der Waals surface area contributed by atoms with Crippen LogP contribution in [-0.4, -0.2) is 24.4 Å². The minimum absolute atomic E-state index is 0.368. The maximum atomic E-state index is 2.89. The zero-order valence-electron chi connectivity index (χ0n) is 39.1. The molecule has 0 aliphatic heterocycles. The highest BCUT2D eigenvalue weighted by Crippen LogP contribution is 2.71. The van der Waals surface area contributed by atoms with Gasteiger partial charge in [-0.25, -0.2) is 0 Å². The van der Waals surface area contributed by atoms with E-state index >= 15 is 0 Å². The predicted octanol–water partition coefficient (Wildman–Crippen LogP) is 19.2. The molecule has 0 saturated heterocycles. The van der Waals surface area contributed by atoms with E-state index in [1.807, 2.05) is 0 Å². The molecule has 0 heterocycles. The van der Waals surface area contributed by atoms with Crippen LogP contribution in [-0.2, 0) is 0 Å². The SMILES string of the molecule is CCCCCCCCCCCCCCCC[P+](C)(CCCCCCCCCCCCCCCC)C(CCCCCCCCC)P(c1ccccc1)c1ccccc1. The Bertz CT molecular complexity index is 1010. The summed E-state index contributed by atoms with van der Waals surface area (Å²) in [7, 11) is -1.54. The summed E-state index contributed by atoms with van der Waals surface area (Å²) in [6.45, 7) is 9.89. The van der Waals surface area contributed by atoms with Crippen LogP contribution in [0.1, 0.15) is 252 Å². The molecule has 0 nitrogen and oxygen atoms in total. The fourth-order valence-electron chi connectivity index (χ4n) is 9.42. The van der Waals surface area contributed by atoms with Crippen molar-refractivity contribution in [3.63, 3.8) is 0 Å². The van der Waals surface area contributed by atoms with Crippen molar-refractivity contribution in [3.05, 3.63) is 60.7 Å². The molecule has 0 bridgehead atoms. The van der Waals surface area contributed by atoms with Crippen LogP contribution in [0.3, 0.4) is 0 Å². The lowest BCUT2D eigenvalue weighted by Gasteiger charge is -2.38. The van der Waals surface area contributed by atoms with Crippen molar-refractivity contribution in [3.8, 4) is 0 Å². The Morgan fingerprint density at radius 1 is 0.333 bits per heavy atom. The summed E-state index contributed by atoms with van der Waals surface area (Å²) < 4.78 is 0. The molecule has 0 radical (unpaired) electrons. The van der Waals surface area contributed by atoms with E-state index in [1.165, 1.54) is 243 Å². The van der Waals surface area contributed by atoms with E-state index in [-0.39, 0.29) is 7.92 Å². The van der Waals surface area contributed by atoms with E-state index in [4.69, 9.17) is 0 Å². The molecular formula is C55H99P2+. The minimum atomic E-state index is -1.17. The maximum absolute atomic E-state index is 2.89. The van der Waals surface area contributed by atoms with Crippen molar-refractivity contribution in [2.24, 2.45) is 0 Å². The van der Waals surface area contributed by atoms with Crippen LogP contribution in [0.5, 0.6) is 0 Å². The number of unbranched alkanes of at least 4 members (excludes halogenated alkanes) is 32. The third kappa shape index (κ3) is 27.0. The van der Waals surface area contributed by atoms with E-state index in [0.717, 1.165) is 5.40 Å². The second-order valence-electron chi connectivity index (χ2n) is 18.6. The molecule has 0 aliphatic carbocycles. The Hall–Kier alpha value is -0.700. The van der Waals surface area contributed by atoms with Gasteiger partial charge in [0.2, 0.25) is 0 Å². The molecule has 328 valence electrons. The van der Waals surface area contributed by atoms with E-state index < -0.39 is 7.26 Å². The summed E-state index contributed by atoms with van der Waals surface area (Å²) in [5, 5.41) is 4.14. The largest absolute Gasteiger partial charge is 0.0958 e. The third-order valence-corrected chi connectivity index (χ3v) is 22.5. The third-order valence-electron chi connectivity index (χ3n) is 13.2. The van der Waals surface area contributed by atoms with E-state index in [2.05, 4.69) is 88.1 Å². The van der Waals surface area contributed by atoms with Gasteiger partial charge in [0.1, 0.15) is 0 Å². The predicted molar refractivity (Wildman–Crippen MR) is 269 cm³/mol. The molecule has 2 aromatic carbocycles. The molecule has 1 atom stereocenters. The molecule has 1 unspecified atom stereocenters. The van der Waals surface area contributed by atoms with E-state index in [0.29, 0.717) is 0 Å². The Morgan fingerprint density at radius 2 is 0.579 bits per heavy atom. The smallest absolute Gasteiger partial charge is 0.0654 e. The van der Waals surface area contributed by atoms with Crippen molar-refractivity contribution in [2.75, 3.05) is 19.0 Å². The average molecular weight is 822 g/mol. The van der Waals surface area contributed by atoms with Crippen LogP contribution in [0.2, 0.25) is 0 Å². The fourth-order valence-corrected chi connectivity index (χ4v) is 19.1. The monoisotopic (exact) mass is 822 g/mol. The number of hydrogen-bond acceptors (Lipinski definition) is 0. The standard InChI is InChI=1S/C55H99P2/c1-5-8-11-14-17-19-21-23-25-27-29-32-35-44-51-57(4,52-45-36-33-30-28-26-24-22-20-18-15-12-9-6-2)55(50-43-34-31-16-13-10-7-3)56(53-46-39-37-40-47-53)54-48-41-38-42-49-54/h37-42,46-49,55H,5-36,43-45,50-52H2,1-4H3/q+1. The molecule has 0 aromatic heterocycles. The minimum Gasteiger partial charge on any atom is -0.0654 e. The molecule has 0 fully saturated rings. The quantitative estimate of drug-likeness (QED) is 0.0462. The Kier molecular flexibility index (Phi) is 35.2. The van der Waals surface area contributed by atoms with Crippen LogP contribution in [0.15, 0.2) is 60.7 Å². The van der Waals surface area contributed by atoms with E-state index in [9.17, 15) is 0 Å². The van der Waals surface area contributed by atoms with Gasteiger partial charge in [0, 0.05) is 13.9 Å². The molecule has 57 heavy (non-hydrogen) atoms. The van der Waals surface area contributed by atoms with Gasteiger partial charge in [0.15, 0.2) is 0 Å². The average Bonchev–Trinajstić information content (AvgIpc) is 3.24. The lowest BCUT2D eigenvalue weighted by Crippen LogP contribution is -2.27. The number of benzene rings is 2. The molecule has 0 amide bonds. The zero-order valence-corrected chi connectivity index (χ0v) is 40.9. The summed E-state index contributed by atoms with van der Waals surface area (Å²) in [5.41, 5.74) is 0. The zero-order chi connectivity index (χ0) is 40.8. The van der Waals surface area contributed by atoms with Gasteiger partial charge in [0.05, 0.1) is 17.7 Å². The van der Waals surface area contributed by atoms with Crippen LogP contribution < -0.4 is 10.6 Å². The molecule has 0 aliphatic rings. The van der Waals surface area contributed by atoms with Crippen molar-refractivity contribution in [2.45, 2.75) is 257 Å². The van der Waals surface area contributed by atoms with Gasteiger partial charge < -0.3 is 0 Å².